The van der Waals surface area contributed by atoms with Crippen LogP contribution < -0.4 is 9.47 Å². The van der Waals surface area contributed by atoms with E-state index in [4.69, 9.17) is 9.47 Å². The van der Waals surface area contributed by atoms with Crippen LogP contribution in [-0.2, 0) is 10.0 Å². The van der Waals surface area contributed by atoms with Crippen molar-refractivity contribution in [2.24, 2.45) is 5.10 Å². The highest BCUT2D eigenvalue weighted by molar-refractivity contribution is 7.89. The maximum atomic E-state index is 13.5. The second kappa shape index (κ2) is 8.43. The first-order valence-corrected chi connectivity index (χ1v) is 11.3. The fourth-order valence-corrected chi connectivity index (χ4v) is 5.04. The van der Waals surface area contributed by atoms with Crippen LogP contribution in [0.3, 0.4) is 0 Å². The molecular weight excluding hydrogens is 412 g/mol. The van der Waals surface area contributed by atoms with E-state index in [0.29, 0.717) is 23.6 Å². The first-order valence-electron chi connectivity index (χ1n) is 9.89. The van der Waals surface area contributed by atoms with Crippen molar-refractivity contribution in [1.82, 2.24) is 4.41 Å². The molecule has 0 bridgehead atoms. The molecule has 6 nitrogen and oxygen atoms in total. The molecule has 0 radical (unpaired) electrons. The van der Waals surface area contributed by atoms with Gasteiger partial charge in [-0.25, -0.2) is 0 Å². The molecule has 0 amide bonds. The van der Waals surface area contributed by atoms with Crippen LogP contribution in [0.4, 0.5) is 0 Å². The summed E-state index contributed by atoms with van der Waals surface area (Å²) in [5, 5.41) is 4.58. The summed E-state index contributed by atoms with van der Waals surface area (Å²) >= 11 is 0. The van der Waals surface area contributed by atoms with Gasteiger partial charge in [-0.3, -0.25) is 0 Å². The van der Waals surface area contributed by atoms with Gasteiger partial charge in [0.25, 0.3) is 10.0 Å². The van der Waals surface area contributed by atoms with Gasteiger partial charge in [0.15, 0.2) is 0 Å². The van der Waals surface area contributed by atoms with Gasteiger partial charge >= 0.3 is 0 Å². The molecule has 0 aliphatic carbocycles. The summed E-state index contributed by atoms with van der Waals surface area (Å²) < 4.78 is 39.0. The van der Waals surface area contributed by atoms with Crippen LogP contribution in [0.5, 0.6) is 11.5 Å². The number of methoxy groups -OCH3 is 2. The van der Waals surface area contributed by atoms with E-state index in [1.165, 1.54) is 4.41 Å². The van der Waals surface area contributed by atoms with Crippen LogP contribution in [0.2, 0.25) is 0 Å². The van der Waals surface area contributed by atoms with Gasteiger partial charge < -0.3 is 9.47 Å². The molecule has 1 aliphatic heterocycles. The topological polar surface area (TPSA) is 68.2 Å². The van der Waals surface area contributed by atoms with E-state index in [0.717, 1.165) is 16.7 Å². The van der Waals surface area contributed by atoms with Crippen LogP contribution in [0, 0.1) is 6.92 Å². The Hall–Kier alpha value is -3.32. The SMILES string of the molecule is COc1cccc(C2=NN(S(=O)(=O)c3ccc(C)cc3)[C@H](c3cccc(OC)c3)C2)c1. The van der Waals surface area contributed by atoms with E-state index >= 15 is 0 Å². The highest BCUT2D eigenvalue weighted by Gasteiger charge is 2.38. The predicted octanol–water partition coefficient (Wildman–Crippen LogP) is 4.55. The monoisotopic (exact) mass is 436 g/mol. The predicted molar refractivity (Wildman–Crippen MR) is 120 cm³/mol. The molecule has 31 heavy (non-hydrogen) atoms. The largest absolute Gasteiger partial charge is 0.497 e. The van der Waals surface area contributed by atoms with E-state index in [1.807, 2.05) is 55.5 Å². The number of hydrazone groups is 1. The first-order chi connectivity index (χ1) is 14.9. The molecule has 0 unspecified atom stereocenters. The summed E-state index contributed by atoms with van der Waals surface area (Å²) in [6, 6.07) is 21.3. The van der Waals surface area contributed by atoms with Crippen molar-refractivity contribution >= 4 is 15.7 Å². The van der Waals surface area contributed by atoms with E-state index in [9.17, 15) is 8.42 Å². The molecule has 3 aromatic rings. The van der Waals surface area contributed by atoms with Crippen molar-refractivity contribution in [2.45, 2.75) is 24.3 Å². The molecule has 3 aromatic carbocycles. The normalized spacial score (nSPS) is 16.2. The molecule has 1 aliphatic rings. The molecular formula is C24H24N2O4S. The molecule has 0 fully saturated rings. The molecule has 0 aromatic heterocycles. The number of rotatable bonds is 6. The standard InChI is InChI=1S/C24H24N2O4S/c1-17-10-12-22(13-11-17)31(27,28)26-24(19-7-5-9-21(15-19)30-3)16-23(25-26)18-6-4-8-20(14-18)29-2/h4-15,24H,16H2,1-3H3/t24-/m0/s1. The molecule has 160 valence electrons. The lowest BCUT2D eigenvalue weighted by molar-refractivity contribution is 0.368. The van der Waals surface area contributed by atoms with Crippen LogP contribution in [0.1, 0.15) is 29.2 Å². The summed E-state index contributed by atoms with van der Waals surface area (Å²) in [5.41, 5.74) is 3.32. The Balaban J connectivity index is 1.81. The third kappa shape index (κ3) is 4.14. The molecule has 7 heteroatoms. The lowest BCUT2D eigenvalue weighted by Gasteiger charge is -2.23. The summed E-state index contributed by atoms with van der Waals surface area (Å²) in [6.07, 6.45) is 0.436. The van der Waals surface area contributed by atoms with Crippen LogP contribution >= 0.6 is 0 Å². The number of sulfonamides is 1. The number of hydrogen-bond donors (Lipinski definition) is 0. The molecule has 1 atom stereocenters. The molecule has 0 spiro atoms. The molecule has 0 saturated heterocycles. The van der Waals surface area contributed by atoms with Crippen molar-refractivity contribution in [3.63, 3.8) is 0 Å². The first kappa shape index (κ1) is 20.9. The van der Waals surface area contributed by atoms with Crippen LogP contribution in [0.15, 0.2) is 82.8 Å². The average molecular weight is 437 g/mol. The summed E-state index contributed by atoms with van der Waals surface area (Å²) in [5.74, 6) is 1.36. The Morgan fingerprint density at radius 1 is 0.903 bits per heavy atom. The van der Waals surface area contributed by atoms with Gasteiger partial charge in [-0.05, 0) is 48.9 Å². The fourth-order valence-electron chi connectivity index (χ4n) is 3.60. The Morgan fingerprint density at radius 3 is 2.23 bits per heavy atom. The number of benzene rings is 3. The summed E-state index contributed by atoms with van der Waals surface area (Å²) in [6.45, 7) is 1.92. The zero-order valence-corrected chi connectivity index (χ0v) is 18.5. The van der Waals surface area contributed by atoms with Crippen molar-refractivity contribution in [3.8, 4) is 11.5 Å². The number of aryl methyl sites for hydroxylation is 1. The maximum absolute atomic E-state index is 13.5. The summed E-state index contributed by atoms with van der Waals surface area (Å²) in [4.78, 5) is 0.210. The van der Waals surface area contributed by atoms with Gasteiger partial charge in [-0.2, -0.15) is 17.9 Å². The second-order valence-electron chi connectivity index (χ2n) is 7.37. The van der Waals surface area contributed by atoms with E-state index in [-0.39, 0.29) is 4.90 Å². The molecule has 1 heterocycles. The van der Waals surface area contributed by atoms with Crippen molar-refractivity contribution in [2.75, 3.05) is 14.2 Å². The third-order valence-corrected chi connectivity index (χ3v) is 7.02. The van der Waals surface area contributed by atoms with Crippen LogP contribution in [0.25, 0.3) is 0 Å². The van der Waals surface area contributed by atoms with Gasteiger partial charge in [0.2, 0.25) is 0 Å². The maximum Gasteiger partial charge on any atom is 0.279 e. The highest BCUT2D eigenvalue weighted by Crippen LogP contribution is 2.38. The van der Waals surface area contributed by atoms with Gasteiger partial charge in [0.05, 0.1) is 30.9 Å². The van der Waals surface area contributed by atoms with Gasteiger partial charge in [0.1, 0.15) is 11.5 Å². The van der Waals surface area contributed by atoms with Crippen molar-refractivity contribution in [1.29, 1.82) is 0 Å². The number of ether oxygens (including phenoxy) is 2. The fraction of sp³-hybridized carbons (Fsp3) is 0.208. The zero-order chi connectivity index (χ0) is 22.0. The summed E-state index contributed by atoms with van der Waals surface area (Å²) in [7, 11) is -0.665. The molecule has 0 saturated carbocycles. The quantitative estimate of drug-likeness (QED) is 0.568. The van der Waals surface area contributed by atoms with Crippen molar-refractivity contribution < 1.29 is 17.9 Å². The van der Waals surface area contributed by atoms with E-state index in [2.05, 4.69) is 5.10 Å². The minimum atomic E-state index is -3.86. The van der Waals surface area contributed by atoms with Gasteiger partial charge in [0, 0.05) is 12.0 Å². The van der Waals surface area contributed by atoms with Gasteiger partial charge in [-0.15, -0.1) is 0 Å². The Kier molecular flexibility index (Phi) is 5.69. The van der Waals surface area contributed by atoms with Crippen molar-refractivity contribution in [3.05, 3.63) is 89.5 Å². The Bertz CT molecular complexity index is 1220. The zero-order valence-electron chi connectivity index (χ0n) is 17.6. The van der Waals surface area contributed by atoms with E-state index in [1.54, 1.807) is 38.5 Å². The van der Waals surface area contributed by atoms with E-state index < -0.39 is 16.1 Å². The minimum absolute atomic E-state index is 0.210. The smallest absolute Gasteiger partial charge is 0.279 e. The lowest BCUT2D eigenvalue weighted by atomic mass is 9.99. The number of hydrogen-bond acceptors (Lipinski definition) is 5. The molecule has 4 rings (SSSR count). The van der Waals surface area contributed by atoms with Gasteiger partial charge in [-0.1, -0.05) is 42.0 Å². The third-order valence-electron chi connectivity index (χ3n) is 5.32. The molecule has 0 N–H and O–H groups in total. The number of nitrogens with zero attached hydrogens (tertiary/aromatic N) is 2. The average Bonchev–Trinajstić information content (AvgIpc) is 3.26. The van der Waals surface area contributed by atoms with Crippen LogP contribution in [-0.4, -0.2) is 32.8 Å². The Labute approximate surface area is 182 Å². The highest BCUT2D eigenvalue weighted by atomic mass is 32.2. The lowest BCUT2D eigenvalue weighted by Crippen LogP contribution is -2.27. The Morgan fingerprint density at radius 2 is 1.55 bits per heavy atom. The second-order valence-corrected chi connectivity index (χ2v) is 9.16. The minimum Gasteiger partial charge on any atom is -0.497 e.